The van der Waals surface area contributed by atoms with Gasteiger partial charge in [0.05, 0.1) is 0 Å². The van der Waals surface area contributed by atoms with Crippen LogP contribution < -0.4 is 10.6 Å². The van der Waals surface area contributed by atoms with Crippen molar-refractivity contribution < 1.29 is 0 Å². The second-order valence-electron chi connectivity index (χ2n) is 5.00. The number of nitrogens with one attached hydrogen (secondary N) is 2. The van der Waals surface area contributed by atoms with E-state index in [0.717, 1.165) is 48.4 Å². The van der Waals surface area contributed by atoms with Gasteiger partial charge in [-0.15, -0.1) is 34.2 Å². The molecule has 0 bridgehead atoms. The number of aryl methyl sites for hydroxylation is 1. The molecule has 0 aliphatic carbocycles. The zero-order chi connectivity index (χ0) is 16.5. The van der Waals surface area contributed by atoms with Crippen LogP contribution in [-0.2, 0) is 19.5 Å². The van der Waals surface area contributed by atoms with Crippen LogP contribution in [0.1, 0.15) is 25.2 Å². The summed E-state index contributed by atoms with van der Waals surface area (Å²) in [6.07, 6.45) is 2.57. The van der Waals surface area contributed by atoms with Gasteiger partial charge in [-0.1, -0.05) is 29.8 Å². The van der Waals surface area contributed by atoms with Gasteiger partial charge in [0.25, 0.3) is 0 Å². The summed E-state index contributed by atoms with van der Waals surface area (Å²) in [6.45, 7) is 7.00. The first-order chi connectivity index (χ1) is 11.2. The van der Waals surface area contributed by atoms with Crippen molar-refractivity contribution in [2.45, 2.75) is 33.4 Å². The van der Waals surface area contributed by atoms with Crippen LogP contribution in [0, 0.1) is 0 Å². The predicted molar refractivity (Wildman–Crippen MR) is 109 cm³/mol. The molecule has 6 nitrogen and oxygen atoms in total. The molecule has 0 radical (unpaired) electrons. The number of hydrogen-bond acceptors (Lipinski definition) is 3. The van der Waals surface area contributed by atoms with E-state index in [1.54, 1.807) is 6.33 Å². The lowest BCUT2D eigenvalue weighted by Crippen LogP contribution is -2.38. The minimum absolute atomic E-state index is 0. The molecule has 0 saturated heterocycles. The first-order valence-corrected chi connectivity index (χ1v) is 8.24. The summed E-state index contributed by atoms with van der Waals surface area (Å²) in [7, 11) is 0. The van der Waals surface area contributed by atoms with Crippen LogP contribution in [-0.4, -0.2) is 33.8 Å². The molecule has 8 heteroatoms. The standard InChI is InChI=1S/C16H23ClN6.HI/c1-3-18-16(20-11-15-22-21-12-23(15)4-2)19-10-9-13-7-5-6-8-14(13)17;/h5-8,12H,3-4,9-11H2,1-2H3,(H2,18,19,20);1H. The fraction of sp³-hybridized carbons (Fsp3) is 0.438. The summed E-state index contributed by atoms with van der Waals surface area (Å²) >= 11 is 6.17. The molecule has 0 saturated carbocycles. The Morgan fingerprint density at radius 1 is 1.25 bits per heavy atom. The summed E-state index contributed by atoms with van der Waals surface area (Å²) in [5.41, 5.74) is 1.13. The van der Waals surface area contributed by atoms with Crippen LogP contribution in [0.2, 0.25) is 5.02 Å². The summed E-state index contributed by atoms with van der Waals surface area (Å²) in [4.78, 5) is 4.56. The number of aromatic nitrogens is 3. The lowest BCUT2D eigenvalue weighted by Gasteiger charge is -2.11. The van der Waals surface area contributed by atoms with Gasteiger partial charge in [-0.2, -0.15) is 0 Å². The first kappa shape index (κ1) is 20.7. The smallest absolute Gasteiger partial charge is 0.191 e. The van der Waals surface area contributed by atoms with Gasteiger partial charge in [0, 0.05) is 24.7 Å². The van der Waals surface area contributed by atoms with Crippen molar-refractivity contribution in [1.29, 1.82) is 0 Å². The minimum atomic E-state index is 0. The molecule has 1 aromatic heterocycles. The fourth-order valence-corrected chi connectivity index (χ4v) is 2.40. The van der Waals surface area contributed by atoms with Gasteiger partial charge in [0.1, 0.15) is 12.9 Å². The molecule has 0 aliphatic heterocycles. The van der Waals surface area contributed by atoms with Crippen LogP contribution >= 0.6 is 35.6 Å². The topological polar surface area (TPSA) is 67.1 Å². The predicted octanol–water partition coefficient (Wildman–Crippen LogP) is 2.87. The molecular weight excluding hydrogens is 439 g/mol. The molecular formula is C16H24ClIN6. The van der Waals surface area contributed by atoms with E-state index in [0.29, 0.717) is 6.54 Å². The van der Waals surface area contributed by atoms with Crippen molar-refractivity contribution in [3.05, 3.63) is 47.0 Å². The van der Waals surface area contributed by atoms with Crippen LogP contribution in [0.25, 0.3) is 0 Å². The van der Waals surface area contributed by atoms with Crippen LogP contribution in [0.3, 0.4) is 0 Å². The molecule has 1 aromatic carbocycles. The normalized spacial score (nSPS) is 11.0. The average Bonchev–Trinajstić information content (AvgIpc) is 3.02. The lowest BCUT2D eigenvalue weighted by atomic mass is 10.1. The summed E-state index contributed by atoms with van der Waals surface area (Å²) in [6, 6.07) is 7.89. The van der Waals surface area contributed by atoms with E-state index in [4.69, 9.17) is 11.6 Å². The SMILES string of the molecule is CCNC(=NCc1nncn1CC)NCCc1ccccc1Cl.I. The van der Waals surface area contributed by atoms with Gasteiger partial charge in [-0.25, -0.2) is 4.99 Å². The Morgan fingerprint density at radius 3 is 2.75 bits per heavy atom. The summed E-state index contributed by atoms with van der Waals surface area (Å²) in [5, 5.41) is 15.4. The molecule has 24 heavy (non-hydrogen) atoms. The third kappa shape index (κ3) is 6.27. The third-order valence-corrected chi connectivity index (χ3v) is 3.77. The zero-order valence-corrected chi connectivity index (χ0v) is 17.1. The quantitative estimate of drug-likeness (QED) is 0.377. The highest BCUT2D eigenvalue weighted by molar-refractivity contribution is 14.0. The van der Waals surface area contributed by atoms with Crippen molar-refractivity contribution >= 4 is 41.5 Å². The highest BCUT2D eigenvalue weighted by Crippen LogP contribution is 2.14. The number of rotatable bonds is 7. The fourth-order valence-electron chi connectivity index (χ4n) is 2.17. The van der Waals surface area contributed by atoms with E-state index in [1.165, 1.54) is 0 Å². The van der Waals surface area contributed by atoms with E-state index in [9.17, 15) is 0 Å². The number of guanidine groups is 1. The molecule has 2 aromatic rings. The van der Waals surface area contributed by atoms with Crippen LogP contribution in [0.5, 0.6) is 0 Å². The van der Waals surface area contributed by atoms with E-state index < -0.39 is 0 Å². The van der Waals surface area contributed by atoms with Crippen LogP contribution in [0.15, 0.2) is 35.6 Å². The molecule has 0 fully saturated rings. The summed E-state index contributed by atoms with van der Waals surface area (Å²) < 4.78 is 1.98. The second-order valence-corrected chi connectivity index (χ2v) is 5.40. The van der Waals surface area contributed by atoms with Gasteiger partial charge in [-0.3, -0.25) is 0 Å². The monoisotopic (exact) mass is 462 g/mol. The van der Waals surface area contributed by atoms with Crippen molar-refractivity contribution in [2.75, 3.05) is 13.1 Å². The Morgan fingerprint density at radius 2 is 2.04 bits per heavy atom. The third-order valence-electron chi connectivity index (χ3n) is 3.40. The lowest BCUT2D eigenvalue weighted by molar-refractivity contribution is 0.693. The van der Waals surface area contributed by atoms with Gasteiger partial charge < -0.3 is 15.2 Å². The number of hydrogen-bond donors (Lipinski definition) is 2. The molecule has 0 atom stereocenters. The van der Waals surface area contributed by atoms with Gasteiger partial charge in [0.15, 0.2) is 11.8 Å². The Hall–Kier alpha value is -1.35. The Bertz CT molecular complexity index is 643. The molecule has 0 amide bonds. The maximum Gasteiger partial charge on any atom is 0.191 e. The van der Waals surface area contributed by atoms with E-state index >= 15 is 0 Å². The molecule has 2 rings (SSSR count). The van der Waals surface area contributed by atoms with Crippen molar-refractivity contribution in [2.24, 2.45) is 4.99 Å². The zero-order valence-electron chi connectivity index (χ0n) is 14.0. The van der Waals surface area contributed by atoms with Gasteiger partial charge >= 0.3 is 0 Å². The van der Waals surface area contributed by atoms with Crippen molar-refractivity contribution in [3.63, 3.8) is 0 Å². The Labute approximate surface area is 165 Å². The Balaban J connectivity index is 0.00000288. The van der Waals surface area contributed by atoms with Crippen molar-refractivity contribution in [1.82, 2.24) is 25.4 Å². The molecule has 2 N–H and O–H groups in total. The Kier molecular flexibility index (Phi) is 9.70. The highest BCUT2D eigenvalue weighted by atomic mass is 127. The number of nitrogens with zero attached hydrogens (tertiary/aromatic N) is 4. The maximum absolute atomic E-state index is 6.17. The van der Waals surface area contributed by atoms with Crippen LogP contribution in [0.4, 0.5) is 0 Å². The van der Waals surface area contributed by atoms with E-state index in [2.05, 4.69) is 32.7 Å². The van der Waals surface area contributed by atoms with E-state index in [-0.39, 0.29) is 24.0 Å². The molecule has 0 spiro atoms. The van der Waals surface area contributed by atoms with Gasteiger partial charge in [0.2, 0.25) is 0 Å². The molecule has 0 unspecified atom stereocenters. The van der Waals surface area contributed by atoms with Gasteiger partial charge in [-0.05, 0) is 31.9 Å². The maximum atomic E-state index is 6.17. The van der Waals surface area contributed by atoms with E-state index in [1.807, 2.05) is 35.8 Å². The second kappa shape index (κ2) is 11.2. The van der Waals surface area contributed by atoms with Crippen molar-refractivity contribution in [3.8, 4) is 0 Å². The first-order valence-electron chi connectivity index (χ1n) is 7.86. The minimum Gasteiger partial charge on any atom is -0.357 e. The molecule has 0 aliphatic rings. The molecule has 1 heterocycles. The number of halogens is 2. The average molecular weight is 463 g/mol. The largest absolute Gasteiger partial charge is 0.357 e. The number of aliphatic imine (C=N–C) groups is 1. The number of benzene rings is 1. The molecule has 132 valence electrons. The summed E-state index contributed by atoms with van der Waals surface area (Å²) in [5.74, 6) is 1.63. The highest BCUT2D eigenvalue weighted by Gasteiger charge is 2.04.